The Morgan fingerprint density at radius 2 is 2.00 bits per heavy atom. The fraction of sp³-hybridized carbons (Fsp3) is 0.273. The monoisotopic (exact) mass is 394 g/mol. The van der Waals surface area contributed by atoms with E-state index in [9.17, 15) is 9.18 Å². The van der Waals surface area contributed by atoms with Gasteiger partial charge in [-0.15, -0.1) is 0 Å². The van der Waals surface area contributed by atoms with Gasteiger partial charge in [-0.25, -0.2) is 14.2 Å². The van der Waals surface area contributed by atoms with Crippen LogP contribution in [-0.2, 0) is 4.74 Å². The number of aromatic amines is 1. The van der Waals surface area contributed by atoms with Gasteiger partial charge in [0, 0.05) is 6.54 Å². The second-order valence-electron chi connectivity index (χ2n) is 7.05. The van der Waals surface area contributed by atoms with Gasteiger partial charge in [-0.3, -0.25) is 0 Å². The number of carbonyl (C=O) groups is 1. The van der Waals surface area contributed by atoms with Crippen LogP contribution in [0, 0.1) is 5.82 Å². The molecule has 2 heterocycles. The van der Waals surface area contributed by atoms with E-state index in [1.807, 2.05) is 37.3 Å². The lowest BCUT2D eigenvalue weighted by atomic mass is 10.1. The van der Waals surface area contributed by atoms with Crippen molar-refractivity contribution in [1.29, 1.82) is 0 Å². The minimum absolute atomic E-state index is 0.112. The molecular weight excluding hydrogens is 371 g/mol. The van der Waals surface area contributed by atoms with E-state index in [0.29, 0.717) is 25.6 Å². The highest BCUT2D eigenvalue weighted by molar-refractivity contribution is 5.75. The number of hydrogen-bond donors (Lipinski definition) is 2. The quantitative estimate of drug-likeness (QED) is 0.701. The van der Waals surface area contributed by atoms with Gasteiger partial charge in [0.05, 0.1) is 31.1 Å². The molecule has 0 radical (unpaired) electrons. The molecule has 7 heteroatoms. The number of H-pyrrole nitrogens is 1. The van der Waals surface area contributed by atoms with Gasteiger partial charge in [-0.1, -0.05) is 30.3 Å². The molecule has 1 aliphatic rings. The Morgan fingerprint density at radius 3 is 2.76 bits per heavy atom. The Morgan fingerprint density at radius 1 is 1.24 bits per heavy atom. The third-order valence-electron chi connectivity index (χ3n) is 5.10. The Kier molecular flexibility index (Phi) is 5.57. The number of imidazole rings is 1. The number of halogens is 1. The standard InChI is InChI=1S/C22H23FN4O2/c1-15(16-5-3-2-4-6-16)25-22(28)27-11-12-29-14-20(27)21-24-13-19(26-21)17-7-9-18(23)10-8-17/h2-10,13,15,20H,11-12,14H2,1H3,(H,24,26)(H,25,28). The maximum Gasteiger partial charge on any atom is 0.318 e. The van der Waals surface area contributed by atoms with Crippen LogP contribution in [0.3, 0.4) is 0 Å². The summed E-state index contributed by atoms with van der Waals surface area (Å²) in [5.41, 5.74) is 2.64. The van der Waals surface area contributed by atoms with E-state index >= 15 is 0 Å². The summed E-state index contributed by atoms with van der Waals surface area (Å²) >= 11 is 0. The van der Waals surface area contributed by atoms with E-state index in [1.54, 1.807) is 23.2 Å². The number of aromatic nitrogens is 2. The molecule has 2 atom stereocenters. The lowest BCUT2D eigenvalue weighted by Crippen LogP contribution is -2.48. The van der Waals surface area contributed by atoms with Crippen LogP contribution in [0.25, 0.3) is 11.3 Å². The van der Waals surface area contributed by atoms with Crippen molar-refractivity contribution in [1.82, 2.24) is 20.2 Å². The second kappa shape index (κ2) is 8.45. The summed E-state index contributed by atoms with van der Waals surface area (Å²) < 4.78 is 18.8. The zero-order chi connectivity index (χ0) is 20.2. The summed E-state index contributed by atoms with van der Waals surface area (Å²) in [7, 11) is 0. The van der Waals surface area contributed by atoms with Crippen LogP contribution in [0.15, 0.2) is 60.8 Å². The summed E-state index contributed by atoms with van der Waals surface area (Å²) in [6, 6.07) is 15.4. The molecule has 6 nitrogen and oxygen atoms in total. The van der Waals surface area contributed by atoms with Gasteiger partial charge in [-0.05, 0) is 42.3 Å². The first-order valence-corrected chi connectivity index (χ1v) is 9.62. The number of urea groups is 1. The van der Waals surface area contributed by atoms with Crippen LogP contribution in [0.4, 0.5) is 9.18 Å². The highest BCUT2D eigenvalue weighted by Crippen LogP contribution is 2.26. The number of ether oxygens (including phenoxy) is 1. The Labute approximate surface area is 168 Å². The first-order valence-electron chi connectivity index (χ1n) is 9.62. The molecule has 2 N–H and O–H groups in total. The molecular formula is C22H23FN4O2. The molecule has 0 bridgehead atoms. The molecule has 29 heavy (non-hydrogen) atoms. The molecule has 1 fully saturated rings. The molecule has 150 valence electrons. The van der Waals surface area contributed by atoms with Crippen LogP contribution in [-0.4, -0.2) is 40.7 Å². The van der Waals surface area contributed by atoms with E-state index in [1.165, 1.54) is 12.1 Å². The van der Waals surface area contributed by atoms with Crippen LogP contribution in [0.5, 0.6) is 0 Å². The molecule has 2 amide bonds. The zero-order valence-electron chi connectivity index (χ0n) is 16.1. The molecule has 1 aromatic heterocycles. The highest BCUT2D eigenvalue weighted by Gasteiger charge is 2.31. The van der Waals surface area contributed by atoms with Crippen LogP contribution < -0.4 is 5.32 Å². The number of morpholine rings is 1. The average Bonchev–Trinajstić information content (AvgIpc) is 3.25. The Balaban J connectivity index is 1.50. The first kappa shape index (κ1) is 19.1. The summed E-state index contributed by atoms with van der Waals surface area (Å²) in [5.74, 6) is 0.357. The van der Waals surface area contributed by atoms with Gasteiger partial charge in [0.25, 0.3) is 0 Å². The highest BCUT2D eigenvalue weighted by atomic mass is 19.1. The SMILES string of the molecule is CC(NC(=O)N1CCOCC1c1ncc(-c2ccc(F)cc2)[nH]1)c1ccccc1. The van der Waals surface area contributed by atoms with Crippen molar-refractivity contribution in [2.45, 2.75) is 19.0 Å². The van der Waals surface area contributed by atoms with Gasteiger partial charge in [-0.2, -0.15) is 0 Å². The molecule has 1 aliphatic heterocycles. The fourth-order valence-electron chi connectivity index (χ4n) is 3.45. The summed E-state index contributed by atoms with van der Waals surface area (Å²) in [6.45, 7) is 3.28. The van der Waals surface area contributed by atoms with Crippen molar-refractivity contribution in [3.8, 4) is 11.3 Å². The number of nitrogens with zero attached hydrogens (tertiary/aromatic N) is 2. The van der Waals surface area contributed by atoms with Crippen molar-refractivity contribution in [3.63, 3.8) is 0 Å². The molecule has 4 rings (SSSR count). The van der Waals surface area contributed by atoms with E-state index in [-0.39, 0.29) is 23.9 Å². The second-order valence-corrected chi connectivity index (χ2v) is 7.05. The molecule has 1 saturated heterocycles. The van der Waals surface area contributed by atoms with Gasteiger partial charge in [0.15, 0.2) is 0 Å². The third kappa shape index (κ3) is 4.30. The number of nitrogens with one attached hydrogen (secondary N) is 2. The van der Waals surface area contributed by atoms with Crippen LogP contribution >= 0.6 is 0 Å². The zero-order valence-corrected chi connectivity index (χ0v) is 16.1. The molecule has 0 spiro atoms. The predicted octanol–water partition coefficient (Wildman–Crippen LogP) is 4.06. The number of hydrogen-bond acceptors (Lipinski definition) is 3. The molecule has 0 aliphatic carbocycles. The van der Waals surface area contributed by atoms with E-state index < -0.39 is 0 Å². The smallest absolute Gasteiger partial charge is 0.318 e. The first-order chi connectivity index (χ1) is 14.1. The van der Waals surface area contributed by atoms with Gasteiger partial charge in [0.1, 0.15) is 17.7 Å². The third-order valence-corrected chi connectivity index (χ3v) is 5.10. The maximum absolute atomic E-state index is 13.2. The minimum Gasteiger partial charge on any atom is -0.377 e. The largest absolute Gasteiger partial charge is 0.377 e. The van der Waals surface area contributed by atoms with Crippen molar-refractivity contribution < 1.29 is 13.9 Å². The average molecular weight is 394 g/mol. The van der Waals surface area contributed by atoms with Crippen molar-refractivity contribution in [2.24, 2.45) is 0 Å². The van der Waals surface area contributed by atoms with E-state index in [2.05, 4.69) is 15.3 Å². The Bertz CT molecular complexity index is 958. The lowest BCUT2D eigenvalue weighted by molar-refractivity contribution is 0.00840. The van der Waals surface area contributed by atoms with Gasteiger partial charge < -0.3 is 19.9 Å². The van der Waals surface area contributed by atoms with Crippen LogP contribution in [0.1, 0.15) is 30.4 Å². The fourth-order valence-corrected chi connectivity index (χ4v) is 3.45. The number of rotatable bonds is 4. The summed E-state index contributed by atoms with van der Waals surface area (Å²) in [5, 5.41) is 3.06. The lowest BCUT2D eigenvalue weighted by Gasteiger charge is -2.35. The van der Waals surface area contributed by atoms with Gasteiger partial charge >= 0.3 is 6.03 Å². The normalized spacial score (nSPS) is 17.7. The molecule has 0 saturated carbocycles. The van der Waals surface area contributed by atoms with Crippen molar-refractivity contribution in [2.75, 3.05) is 19.8 Å². The van der Waals surface area contributed by atoms with Gasteiger partial charge in [0.2, 0.25) is 0 Å². The maximum atomic E-state index is 13.2. The topological polar surface area (TPSA) is 70.2 Å². The van der Waals surface area contributed by atoms with E-state index in [4.69, 9.17) is 4.74 Å². The van der Waals surface area contributed by atoms with Crippen LogP contribution in [0.2, 0.25) is 0 Å². The number of benzene rings is 2. The molecule has 2 unspecified atom stereocenters. The van der Waals surface area contributed by atoms with Crippen molar-refractivity contribution in [3.05, 3.63) is 78.0 Å². The van der Waals surface area contributed by atoms with E-state index in [0.717, 1.165) is 16.8 Å². The summed E-state index contributed by atoms with van der Waals surface area (Å²) in [4.78, 5) is 22.4. The summed E-state index contributed by atoms with van der Waals surface area (Å²) in [6.07, 6.45) is 1.69. The molecule has 3 aromatic rings. The number of amides is 2. The minimum atomic E-state index is -0.319. The Hall–Kier alpha value is -3.19. The molecule has 2 aromatic carbocycles. The number of carbonyl (C=O) groups excluding carboxylic acids is 1. The van der Waals surface area contributed by atoms with Crippen molar-refractivity contribution >= 4 is 6.03 Å². The predicted molar refractivity (Wildman–Crippen MR) is 108 cm³/mol.